The number of amidine groups is 1. The summed E-state index contributed by atoms with van der Waals surface area (Å²) < 4.78 is 10.8. The lowest BCUT2D eigenvalue weighted by molar-refractivity contribution is 0.683. The molecule has 1 heterocycles. The molecule has 0 spiro atoms. The van der Waals surface area contributed by atoms with Crippen LogP contribution in [0.3, 0.4) is 0 Å². The number of rotatable bonds is 5. The molecule has 0 radical (unpaired) electrons. The van der Waals surface area contributed by atoms with Gasteiger partial charge in [0.05, 0.1) is 6.54 Å². The van der Waals surface area contributed by atoms with Gasteiger partial charge in [0, 0.05) is 34.6 Å². The average Bonchev–Trinajstić information content (AvgIpc) is 2.94. The van der Waals surface area contributed by atoms with Crippen LogP contribution in [0.2, 0.25) is 0 Å². The van der Waals surface area contributed by atoms with Crippen LogP contribution in [-0.4, -0.2) is 39.7 Å². The van der Waals surface area contributed by atoms with E-state index in [9.17, 15) is 4.21 Å². The van der Waals surface area contributed by atoms with Crippen LogP contribution in [0.1, 0.15) is 19.3 Å². The quantitative estimate of drug-likeness (QED) is 0.742. The van der Waals surface area contributed by atoms with Crippen LogP contribution in [0, 0.1) is 5.92 Å². The van der Waals surface area contributed by atoms with Crippen LogP contribution >= 0.6 is 11.8 Å². The molecule has 2 atom stereocenters. The number of thioether (sulfide) groups is 1. The van der Waals surface area contributed by atoms with E-state index in [0.717, 1.165) is 41.6 Å². The molecule has 15 heavy (non-hydrogen) atoms. The van der Waals surface area contributed by atoms with E-state index >= 15 is 0 Å². The SMILES string of the molecule is CS(=O)CCCNC1=NCC(C2CC2)S1. The molecule has 3 nitrogen and oxygen atoms in total. The summed E-state index contributed by atoms with van der Waals surface area (Å²) in [7, 11) is -0.660. The van der Waals surface area contributed by atoms with E-state index in [0.29, 0.717) is 0 Å². The van der Waals surface area contributed by atoms with Crippen molar-refractivity contribution in [2.45, 2.75) is 24.5 Å². The van der Waals surface area contributed by atoms with Gasteiger partial charge in [-0.3, -0.25) is 9.20 Å². The lowest BCUT2D eigenvalue weighted by Crippen LogP contribution is -2.22. The second-order valence-corrected chi connectivity index (χ2v) is 6.98. The Hall–Kier alpha value is -0.0300. The summed E-state index contributed by atoms with van der Waals surface area (Å²) in [6, 6.07) is 0. The molecule has 0 bridgehead atoms. The fourth-order valence-electron chi connectivity index (χ4n) is 1.67. The van der Waals surface area contributed by atoms with Gasteiger partial charge in [-0.1, -0.05) is 11.8 Å². The maximum Gasteiger partial charge on any atom is 0.156 e. The van der Waals surface area contributed by atoms with Gasteiger partial charge in [0.15, 0.2) is 5.17 Å². The van der Waals surface area contributed by atoms with E-state index in [1.165, 1.54) is 12.8 Å². The first-order valence-corrected chi connectivity index (χ1v) is 8.11. The third-order valence-electron chi connectivity index (χ3n) is 2.71. The highest BCUT2D eigenvalue weighted by Crippen LogP contribution is 2.41. The topological polar surface area (TPSA) is 41.5 Å². The molecule has 0 aromatic heterocycles. The van der Waals surface area contributed by atoms with Crippen LogP contribution < -0.4 is 5.32 Å². The molecule has 2 aliphatic rings. The number of aliphatic imine (C=N–C) groups is 1. The molecule has 2 unspecified atom stereocenters. The molecule has 1 aliphatic heterocycles. The van der Waals surface area contributed by atoms with Crippen molar-refractivity contribution in [3.8, 4) is 0 Å². The molecule has 1 N–H and O–H groups in total. The Labute approximate surface area is 98.0 Å². The highest BCUT2D eigenvalue weighted by Gasteiger charge is 2.35. The number of hydrogen-bond acceptors (Lipinski definition) is 4. The Morgan fingerprint density at radius 2 is 2.40 bits per heavy atom. The van der Waals surface area contributed by atoms with E-state index in [1.807, 2.05) is 11.8 Å². The van der Waals surface area contributed by atoms with Crippen molar-refractivity contribution in [3.63, 3.8) is 0 Å². The maximum atomic E-state index is 10.8. The van der Waals surface area contributed by atoms with Crippen molar-refractivity contribution >= 4 is 27.7 Å². The Kier molecular flexibility index (Phi) is 4.08. The van der Waals surface area contributed by atoms with Crippen LogP contribution in [0.5, 0.6) is 0 Å². The number of hydrogen-bond donors (Lipinski definition) is 1. The first kappa shape index (κ1) is 11.5. The molecular formula is C10H18N2OS2. The molecule has 5 heteroatoms. The van der Waals surface area contributed by atoms with Gasteiger partial charge in [-0.2, -0.15) is 0 Å². The molecule has 0 aromatic rings. The van der Waals surface area contributed by atoms with E-state index in [-0.39, 0.29) is 0 Å². The summed E-state index contributed by atoms with van der Waals surface area (Å²) >= 11 is 1.90. The maximum absolute atomic E-state index is 10.8. The fourth-order valence-corrected chi connectivity index (χ4v) is 3.46. The minimum atomic E-state index is -0.660. The molecule has 1 fully saturated rings. The van der Waals surface area contributed by atoms with Gasteiger partial charge in [0.1, 0.15) is 0 Å². The van der Waals surface area contributed by atoms with Gasteiger partial charge in [0.2, 0.25) is 0 Å². The smallest absolute Gasteiger partial charge is 0.156 e. The van der Waals surface area contributed by atoms with Crippen LogP contribution in [-0.2, 0) is 10.8 Å². The Morgan fingerprint density at radius 1 is 1.60 bits per heavy atom. The van der Waals surface area contributed by atoms with Crippen LogP contribution in [0.15, 0.2) is 4.99 Å². The second-order valence-electron chi connectivity index (χ2n) is 4.20. The minimum Gasteiger partial charge on any atom is -0.365 e. The Balaban J connectivity index is 1.58. The summed E-state index contributed by atoms with van der Waals surface area (Å²) in [5.74, 6) is 1.72. The molecule has 2 rings (SSSR count). The molecule has 1 aliphatic carbocycles. The zero-order valence-corrected chi connectivity index (χ0v) is 10.7. The zero-order chi connectivity index (χ0) is 10.7. The zero-order valence-electron chi connectivity index (χ0n) is 9.07. The Morgan fingerprint density at radius 3 is 3.07 bits per heavy atom. The number of nitrogens with one attached hydrogen (secondary N) is 1. The first-order valence-electron chi connectivity index (χ1n) is 5.50. The van der Waals surface area contributed by atoms with E-state index in [1.54, 1.807) is 6.26 Å². The van der Waals surface area contributed by atoms with Crippen molar-refractivity contribution < 1.29 is 4.21 Å². The van der Waals surface area contributed by atoms with E-state index < -0.39 is 10.8 Å². The lowest BCUT2D eigenvalue weighted by atomic mass is 10.3. The van der Waals surface area contributed by atoms with Crippen molar-refractivity contribution in [3.05, 3.63) is 0 Å². The van der Waals surface area contributed by atoms with Gasteiger partial charge in [0.25, 0.3) is 0 Å². The molecule has 1 saturated carbocycles. The first-order chi connectivity index (χ1) is 7.25. The van der Waals surface area contributed by atoms with Gasteiger partial charge in [-0.25, -0.2) is 0 Å². The fraction of sp³-hybridized carbons (Fsp3) is 0.900. The third-order valence-corrected chi connectivity index (χ3v) is 4.91. The van der Waals surface area contributed by atoms with Crippen molar-refractivity contribution in [2.75, 3.05) is 25.1 Å². The molecule has 0 aromatic carbocycles. The number of nitrogens with zero attached hydrogens (tertiary/aromatic N) is 1. The minimum absolute atomic E-state index is 0.660. The van der Waals surface area contributed by atoms with Crippen LogP contribution in [0.4, 0.5) is 0 Å². The monoisotopic (exact) mass is 246 g/mol. The summed E-state index contributed by atoms with van der Waals surface area (Å²) in [4.78, 5) is 4.49. The van der Waals surface area contributed by atoms with E-state index in [4.69, 9.17) is 0 Å². The van der Waals surface area contributed by atoms with Crippen molar-refractivity contribution in [1.82, 2.24) is 5.32 Å². The summed E-state index contributed by atoms with van der Waals surface area (Å²) in [5, 5.41) is 5.18. The van der Waals surface area contributed by atoms with Crippen LogP contribution in [0.25, 0.3) is 0 Å². The van der Waals surface area contributed by atoms with Gasteiger partial charge >= 0.3 is 0 Å². The summed E-state index contributed by atoms with van der Waals surface area (Å²) in [6.45, 7) is 1.90. The Bertz CT molecular complexity index is 277. The second kappa shape index (κ2) is 5.34. The molecule has 86 valence electrons. The summed E-state index contributed by atoms with van der Waals surface area (Å²) in [6.07, 6.45) is 5.52. The summed E-state index contributed by atoms with van der Waals surface area (Å²) in [5.41, 5.74) is 0. The predicted molar refractivity (Wildman–Crippen MR) is 68.0 cm³/mol. The molecule has 0 saturated heterocycles. The normalized spacial score (nSPS) is 27.5. The molecular weight excluding hydrogens is 228 g/mol. The third kappa shape index (κ3) is 3.79. The highest BCUT2D eigenvalue weighted by atomic mass is 32.2. The highest BCUT2D eigenvalue weighted by molar-refractivity contribution is 8.14. The van der Waals surface area contributed by atoms with Gasteiger partial charge < -0.3 is 5.32 Å². The standard InChI is InChI=1S/C10H18N2OS2/c1-15(13)6-2-5-11-10-12-7-9(14-10)8-3-4-8/h8-9H,2-7H2,1H3,(H,11,12). The van der Waals surface area contributed by atoms with E-state index in [2.05, 4.69) is 10.3 Å². The lowest BCUT2D eigenvalue weighted by Gasteiger charge is -2.07. The van der Waals surface area contributed by atoms with Gasteiger partial charge in [-0.15, -0.1) is 0 Å². The predicted octanol–water partition coefficient (Wildman–Crippen LogP) is 1.23. The van der Waals surface area contributed by atoms with Gasteiger partial charge in [-0.05, 0) is 25.2 Å². The average molecular weight is 246 g/mol. The molecule has 0 amide bonds. The van der Waals surface area contributed by atoms with Crippen molar-refractivity contribution in [2.24, 2.45) is 10.9 Å². The largest absolute Gasteiger partial charge is 0.365 e. The van der Waals surface area contributed by atoms with Crippen molar-refractivity contribution in [1.29, 1.82) is 0 Å².